The standard InChI is InChI=1S/C11H15N3O3/c1-7(2)14-10(15)6-12-8-3-4-9(11(16)17)13-5-8/h3-5,7,12H,6H2,1-2H3,(H,14,15)(H,16,17). The summed E-state index contributed by atoms with van der Waals surface area (Å²) in [5.74, 6) is -1.20. The van der Waals surface area contributed by atoms with E-state index < -0.39 is 5.97 Å². The summed E-state index contributed by atoms with van der Waals surface area (Å²) in [5.41, 5.74) is 0.580. The average molecular weight is 237 g/mol. The summed E-state index contributed by atoms with van der Waals surface area (Å²) in [5, 5.41) is 14.2. The van der Waals surface area contributed by atoms with Gasteiger partial charge in [-0.05, 0) is 26.0 Å². The monoisotopic (exact) mass is 237 g/mol. The van der Waals surface area contributed by atoms with Crippen LogP contribution in [0.3, 0.4) is 0 Å². The van der Waals surface area contributed by atoms with E-state index in [-0.39, 0.29) is 24.2 Å². The second-order valence-corrected chi connectivity index (χ2v) is 3.81. The number of carbonyl (C=O) groups is 2. The summed E-state index contributed by atoms with van der Waals surface area (Å²) >= 11 is 0. The lowest BCUT2D eigenvalue weighted by Crippen LogP contribution is -2.34. The van der Waals surface area contributed by atoms with Crippen molar-refractivity contribution in [2.45, 2.75) is 19.9 Å². The number of hydrogen-bond donors (Lipinski definition) is 3. The molecule has 0 aliphatic heterocycles. The van der Waals surface area contributed by atoms with Crippen molar-refractivity contribution in [2.24, 2.45) is 0 Å². The summed E-state index contributed by atoms with van der Waals surface area (Å²) in [6, 6.07) is 3.04. The molecule has 0 unspecified atom stereocenters. The van der Waals surface area contributed by atoms with Gasteiger partial charge in [-0.3, -0.25) is 4.79 Å². The second-order valence-electron chi connectivity index (χ2n) is 3.81. The van der Waals surface area contributed by atoms with E-state index in [0.717, 1.165) is 0 Å². The number of nitrogens with one attached hydrogen (secondary N) is 2. The normalized spacial score (nSPS) is 10.1. The summed E-state index contributed by atoms with van der Waals surface area (Å²) in [6.45, 7) is 3.88. The molecule has 0 atom stereocenters. The number of rotatable bonds is 5. The molecule has 3 N–H and O–H groups in total. The maximum absolute atomic E-state index is 11.3. The highest BCUT2D eigenvalue weighted by atomic mass is 16.4. The Hall–Kier alpha value is -2.11. The topological polar surface area (TPSA) is 91.3 Å². The summed E-state index contributed by atoms with van der Waals surface area (Å²) in [4.78, 5) is 25.6. The fraction of sp³-hybridized carbons (Fsp3) is 0.364. The van der Waals surface area contributed by atoms with E-state index in [4.69, 9.17) is 5.11 Å². The molecule has 0 fully saturated rings. The second kappa shape index (κ2) is 5.83. The first-order valence-electron chi connectivity index (χ1n) is 5.21. The van der Waals surface area contributed by atoms with Crippen LogP contribution in [0.5, 0.6) is 0 Å². The Balaban J connectivity index is 2.47. The molecule has 0 radical (unpaired) electrons. The van der Waals surface area contributed by atoms with Crippen molar-refractivity contribution in [2.75, 3.05) is 11.9 Å². The zero-order valence-corrected chi connectivity index (χ0v) is 9.73. The number of aromatic carboxylic acids is 1. The maximum Gasteiger partial charge on any atom is 0.354 e. The van der Waals surface area contributed by atoms with Gasteiger partial charge in [0.2, 0.25) is 5.91 Å². The van der Waals surface area contributed by atoms with Crippen LogP contribution in [-0.2, 0) is 4.79 Å². The van der Waals surface area contributed by atoms with Gasteiger partial charge in [0.25, 0.3) is 0 Å². The van der Waals surface area contributed by atoms with Crippen molar-refractivity contribution in [3.63, 3.8) is 0 Å². The predicted molar refractivity (Wildman–Crippen MR) is 63.0 cm³/mol. The van der Waals surface area contributed by atoms with Crippen molar-refractivity contribution < 1.29 is 14.7 Å². The number of anilines is 1. The van der Waals surface area contributed by atoms with Crippen LogP contribution in [-0.4, -0.2) is 34.6 Å². The van der Waals surface area contributed by atoms with Crippen molar-refractivity contribution in [3.8, 4) is 0 Å². The van der Waals surface area contributed by atoms with Gasteiger partial charge in [0.1, 0.15) is 5.69 Å². The number of aromatic nitrogens is 1. The molecule has 0 aliphatic carbocycles. The molecule has 17 heavy (non-hydrogen) atoms. The molecule has 0 aromatic carbocycles. The number of hydrogen-bond acceptors (Lipinski definition) is 4. The number of amides is 1. The SMILES string of the molecule is CC(C)NC(=O)CNc1ccc(C(=O)O)nc1. The molecular weight excluding hydrogens is 222 g/mol. The van der Waals surface area contributed by atoms with Crippen molar-refractivity contribution >= 4 is 17.6 Å². The van der Waals surface area contributed by atoms with Gasteiger partial charge < -0.3 is 15.7 Å². The lowest BCUT2D eigenvalue weighted by atomic mass is 10.3. The molecule has 0 saturated heterocycles. The van der Waals surface area contributed by atoms with Crippen LogP contribution in [0.15, 0.2) is 18.3 Å². The van der Waals surface area contributed by atoms with Crippen LogP contribution < -0.4 is 10.6 Å². The Kier molecular flexibility index (Phi) is 4.45. The summed E-state index contributed by atoms with van der Waals surface area (Å²) in [7, 11) is 0. The van der Waals surface area contributed by atoms with E-state index in [9.17, 15) is 9.59 Å². The number of nitrogens with zero attached hydrogens (tertiary/aromatic N) is 1. The molecule has 92 valence electrons. The smallest absolute Gasteiger partial charge is 0.354 e. The van der Waals surface area contributed by atoms with E-state index in [1.807, 2.05) is 13.8 Å². The molecule has 1 aromatic rings. The lowest BCUT2D eigenvalue weighted by Gasteiger charge is -2.09. The quantitative estimate of drug-likeness (QED) is 0.701. The van der Waals surface area contributed by atoms with E-state index in [1.165, 1.54) is 12.3 Å². The molecular formula is C11H15N3O3. The molecule has 0 aliphatic rings. The minimum Gasteiger partial charge on any atom is -0.477 e. The van der Waals surface area contributed by atoms with Crippen molar-refractivity contribution in [3.05, 3.63) is 24.0 Å². The van der Waals surface area contributed by atoms with Crippen molar-refractivity contribution in [1.29, 1.82) is 0 Å². The van der Waals surface area contributed by atoms with Gasteiger partial charge in [-0.15, -0.1) is 0 Å². The van der Waals surface area contributed by atoms with Gasteiger partial charge in [0.15, 0.2) is 0 Å². The first kappa shape index (κ1) is 13.0. The van der Waals surface area contributed by atoms with Gasteiger partial charge in [-0.25, -0.2) is 9.78 Å². The highest BCUT2D eigenvalue weighted by molar-refractivity contribution is 5.85. The first-order chi connectivity index (χ1) is 7.99. The van der Waals surface area contributed by atoms with Crippen LogP contribution in [0.1, 0.15) is 24.3 Å². The number of carbonyl (C=O) groups excluding carboxylic acids is 1. The highest BCUT2D eigenvalue weighted by Crippen LogP contribution is 2.05. The van der Waals surface area contributed by atoms with E-state index in [1.54, 1.807) is 6.07 Å². The molecule has 0 saturated carbocycles. The molecule has 6 heteroatoms. The zero-order chi connectivity index (χ0) is 12.8. The fourth-order valence-electron chi connectivity index (χ4n) is 1.18. The van der Waals surface area contributed by atoms with Gasteiger partial charge >= 0.3 is 5.97 Å². The maximum atomic E-state index is 11.3. The Bertz CT molecular complexity index is 401. The summed E-state index contributed by atoms with van der Waals surface area (Å²) in [6.07, 6.45) is 1.38. The van der Waals surface area contributed by atoms with E-state index in [2.05, 4.69) is 15.6 Å². The van der Waals surface area contributed by atoms with Gasteiger partial charge in [0.05, 0.1) is 18.4 Å². The number of carboxylic acid groups (broad SMARTS) is 1. The van der Waals surface area contributed by atoms with E-state index in [0.29, 0.717) is 5.69 Å². The predicted octanol–water partition coefficient (Wildman–Crippen LogP) is 0.716. The largest absolute Gasteiger partial charge is 0.477 e. The minimum absolute atomic E-state index is 0.0258. The molecule has 1 rings (SSSR count). The molecule has 1 amide bonds. The summed E-state index contributed by atoms with van der Waals surface area (Å²) < 4.78 is 0. The lowest BCUT2D eigenvalue weighted by molar-refractivity contribution is -0.119. The third-order valence-corrected chi connectivity index (χ3v) is 1.89. The number of pyridine rings is 1. The van der Waals surface area contributed by atoms with Crippen LogP contribution in [0, 0.1) is 0 Å². The third-order valence-electron chi connectivity index (χ3n) is 1.89. The van der Waals surface area contributed by atoms with Crippen LogP contribution >= 0.6 is 0 Å². The molecule has 1 aromatic heterocycles. The van der Waals surface area contributed by atoms with Crippen molar-refractivity contribution in [1.82, 2.24) is 10.3 Å². The molecule has 0 bridgehead atoms. The Morgan fingerprint density at radius 2 is 2.12 bits per heavy atom. The van der Waals surface area contributed by atoms with Gasteiger partial charge in [-0.1, -0.05) is 0 Å². The Morgan fingerprint density at radius 1 is 1.41 bits per heavy atom. The first-order valence-corrected chi connectivity index (χ1v) is 5.21. The van der Waals surface area contributed by atoms with Gasteiger partial charge in [0, 0.05) is 6.04 Å². The fourth-order valence-corrected chi connectivity index (χ4v) is 1.18. The molecule has 0 spiro atoms. The average Bonchev–Trinajstić information content (AvgIpc) is 2.26. The Morgan fingerprint density at radius 3 is 2.59 bits per heavy atom. The van der Waals surface area contributed by atoms with Gasteiger partial charge in [-0.2, -0.15) is 0 Å². The molecule has 1 heterocycles. The number of carboxylic acids is 1. The zero-order valence-electron chi connectivity index (χ0n) is 9.73. The molecule has 6 nitrogen and oxygen atoms in total. The van der Waals surface area contributed by atoms with Crippen LogP contribution in [0.4, 0.5) is 5.69 Å². The minimum atomic E-state index is -1.07. The Labute approximate surface area is 99.1 Å². The van der Waals surface area contributed by atoms with Crippen LogP contribution in [0.2, 0.25) is 0 Å². The van der Waals surface area contributed by atoms with Crippen LogP contribution in [0.25, 0.3) is 0 Å². The van der Waals surface area contributed by atoms with E-state index >= 15 is 0 Å². The third kappa shape index (κ3) is 4.50. The highest BCUT2D eigenvalue weighted by Gasteiger charge is 2.05.